The van der Waals surface area contributed by atoms with Gasteiger partial charge in [-0.05, 0) is 135 Å². The van der Waals surface area contributed by atoms with Gasteiger partial charge in [0.25, 0.3) is 0 Å². The molecule has 16 rings (SSSR count). The van der Waals surface area contributed by atoms with Crippen molar-refractivity contribution in [1.82, 2.24) is 4.57 Å². The Morgan fingerprint density at radius 2 is 0.833 bits per heavy atom. The molecule has 0 unspecified atom stereocenters. The molecule has 3 heterocycles. The molecule has 10 aromatic carbocycles. The molecule has 0 saturated heterocycles. The van der Waals surface area contributed by atoms with Crippen LogP contribution in [0, 0.1) is 0 Å². The maximum Gasteiger partial charge on any atom is 0.135 e. The molecule has 0 spiro atoms. The molecule has 13 aromatic rings. The van der Waals surface area contributed by atoms with Crippen LogP contribution in [-0.4, -0.2) is 4.57 Å². The Morgan fingerprint density at radius 3 is 1.53 bits per heavy atom. The molecule has 3 aliphatic carbocycles. The first-order valence-corrected chi connectivity index (χ1v) is 23.8. The fraction of sp³-hybridized carbons (Fsp3) is 0.0476. The third-order valence-corrected chi connectivity index (χ3v) is 15.4. The standard InChI is InChI=1S/C25H17N.C19H12O.C19H12S/c1-2-9-18(10-3-1)26-23-13-7-6-12-21(23)25-22-16-17-8-4-5-11-19(17)20(22)14-15-24(25)26;2*1-2-6-13-12(5-1)11-16-14(13)9-10-18-19(16)15-7-3-4-8-17(15)20-18/h1-15H,16H2;2*1-10H,11H2. The van der Waals surface area contributed by atoms with Gasteiger partial charge in [0.05, 0.1) is 11.0 Å². The SMILES string of the molecule is c1ccc(-n2c3ccccc3c3c4c(ccc32)-c2ccccc2C4)cc1.c1ccc2c(c1)Cc1c-2ccc2oc3ccccc3c12.c1ccc2c(c1)Cc1c-2ccc2sc3ccccc3c12. The second kappa shape index (κ2) is 14.8. The Balaban J connectivity index is 0.0000000958. The van der Waals surface area contributed by atoms with Gasteiger partial charge in [-0.15, -0.1) is 11.3 Å². The Labute approximate surface area is 386 Å². The molecule has 0 radical (unpaired) electrons. The van der Waals surface area contributed by atoms with Crippen LogP contribution in [-0.2, 0) is 19.3 Å². The lowest BCUT2D eigenvalue weighted by molar-refractivity contribution is 0.669. The summed E-state index contributed by atoms with van der Waals surface area (Å²) in [5.74, 6) is 0. The van der Waals surface area contributed by atoms with Crippen molar-refractivity contribution >= 4 is 75.3 Å². The van der Waals surface area contributed by atoms with Gasteiger partial charge >= 0.3 is 0 Å². The van der Waals surface area contributed by atoms with Gasteiger partial charge in [0.15, 0.2) is 0 Å². The van der Waals surface area contributed by atoms with Gasteiger partial charge in [-0.1, -0.05) is 164 Å². The molecular formula is C63H41NOS. The number of hydrogen-bond donors (Lipinski definition) is 0. The van der Waals surface area contributed by atoms with E-state index in [0.29, 0.717) is 0 Å². The average molecular weight is 860 g/mol. The summed E-state index contributed by atoms with van der Waals surface area (Å²) in [4.78, 5) is 0. The Kier molecular flexibility index (Phi) is 8.38. The van der Waals surface area contributed by atoms with E-state index in [1.807, 2.05) is 23.5 Å². The smallest absolute Gasteiger partial charge is 0.135 e. The van der Waals surface area contributed by atoms with Gasteiger partial charge < -0.3 is 8.98 Å². The van der Waals surface area contributed by atoms with Crippen LogP contribution in [0.15, 0.2) is 217 Å². The van der Waals surface area contributed by atoms with E-state index >= 15 is 0 Å². The highest BCUT2D eigenvalue weighted by molar-refractivity contribution is 7.25. The molecule has 0 amide bonds. The fourth-order valence-corrected chi connectivity index (χ4v) is 12.6. The molecular weight excluding hydrogens is 819 g/mol. The summed E-state index contributed by atoms with van der Waals surface area (Å²) in [5.41, 5.74) is 22.8. The van der Waals surface area contributed by atoms with Crippen LogP contribution in [0.25, 0.3) is 103 Å². The van der Waals surface area contributed by atoms with Crippen LogP contribution in [0.2, 0.25) is 0 Å². The maximum atomic E-state index is 5.98. The molecule has 0 fully saturated rings. The molecule has 0 atom stereocenters. The van der Waals surface area contributed by atoms with E-state index < -0.39 is 0 Å². The molecule has 0 saturated carbocycles. The fourth-order valence-electron chi connectivity index (χ4n) is 11.5. The van der Waals surface area contributed by atoms with Crippen molar-refractivity contribution < 1.29 is 4.42 Å². The molecule has 2 nitrogen and oxygen atoms in total. The minimum Gasteiger partial charge on any atom is -0.456 e. The monoisotopic (exact) mass is 859 g/mol. The Bertz CT molecular complexity index is 3930. The highest BCUT2D eigenvalue weighted by Crippen LogP contribution is 2.47. The number of furan rings is 1. The van der Waals surface area contributed by atoms with E-state index in [9.17, 15) is 0 Å². The van der Waals surface area contributed by atoms with Gasteiger partial charge in [0, 0.05) is 47.4 Å². The molecule has 310 valence electrons. The molecule has 0 aliphatic heterocycles. The lowest BCUT2D eigenvalue weighted by Gasteiger charge is -2.08. The van der Waals surface area contributed by atoms with Crippen LogP contribution in [0.4, 0.5) is 0 Å². The topological polar surface area (TPSA) is 18.1 Å². The van der Waals surface area contributed by atoms with Crippen molar-refractivity contribution in [2.45, 2.75) is 19.3 Å². The van der Waals surface area contributed by atoms with Gasteiger partial charge in [-0.2, -0.15) is 0 Å². The summed E-state index contributed by atoms with van der Waals surface area (Å²) >= 11 is 1.91. The van der Waals surface area contributed by atoms with Crippen molar-refractivity contribution in [2.75, 3.05) is 0 Å². The predicted molar refractivity (Wildman–Crippen MR) is 279 cm³/mol. The summed E-state index contributed by atoms with van der Waals surface area (Å²) in [6.07, 6.45) is 3.10. The van der Waals surface area contributed by atoms with Crippen LogP contribution in [0.5, 0.6) is 0 Å². The van der Waals surface area contributed by atoms with Crippen molar-refractivity contribution in [2.24, 2.45) is 0 Å². The van der Waals surface area contributed by atoms with E-state index in [0.717, 1.165) is 30.4 Å². The lowest BCUT2D eigenvalue weighted by Crippen LogP contribution is -1.93. The van der Waals surface area contributed by atoms with E-state index in [1.54, 1.807) is 0 Å². The van der Waals surface area contributed by atoms with Gasteiger partial charge in [0.1, 0.15) is 11.2 Å². The summed E-state index contributed by atoms with van der Waals surface area (Å²) in [7, 11) is 0. The van der Waals surface area contributed by atoms with Crippen molar-refractivity contribution in [3.63, 3.8) is 0 Å². The Hall–Kier alpha value is -7.98. The second-order valence-corrected chi connectivity index (χ2v) is 18.9. The molecule has 0 bridgehead atoms. The largest absolute Gasteiger partial charge is 0.456 e. The molecule has 3 aromatic heterocycles. The average Bonchev–Trinajstić information content (AvgIpc) is 4.23. The van der Waals surface area contributed by atoms with Gasteiger partial charge in [0.2, 0.25) is 0 Å². The number of rotatable bonds is 1. The third-order valence-electron chi connectivity index (χ3n) is 14.3. The van der Waals surface area contributed by atoms with Crippen molar-refractivity contribution in [3.8, 4) is 39.1 Å². The van der Waals surface area contributed by atoms with Crippen molar-refractivity contribution in [3.05, 3.63) is 246 Å². The highest BCUT2D eigenvalue weighted by Gasteiger charge is 2.26. The zero-order valence-corrected chi connectivity index (χ0v) is 36.9. The summed E-state index contributed by atoms with van der Waals surface area (Å²) < 4.78 is 11.2. The number of benzene rings is 10. The zero-order chi connectivity index (χ0) is 43.3. The van der Waals surface area contributed by atoms with Crippen LogP contribution in [0.3, 0.4) is 0 Å². The molecule has 0 N–H and O–H groups in total. The predicted octanol–water partition coefficient (Wildman–Crippen LogP) is 17.1. The molecule has 3 aliphatic rings. The van der Waals surface area contributed by atoms with Crippen molar-refractivity contribution in [1.29, 1.82) is 0 Å². The van der Waals surface area contributed by atoms with Crippen LogP contribution < -0.4 is 0 Å². The van der Waals surface area contributed by atoms with E-state index in [1.165, 1.54) is 125 Å². The number of para-hydroxylation sites is 3. The summed E-state index contributed by atoms with van der Waals surface area (Å²) in [6.45, 7) is 0. The quantitative estimate of drug-likeness (QED) is 0.161. The number of nitrogens with zero attached hydrogens (tertiary/aromatic N) is 1. The van der Waals surface area contributed by atoms with Gasteiger partial charge in [-0.3, -0.25) is 0 Å². The van der Waals surface area contributed by atoms with E-state index in [-0.39, 0.29) is 0 Å². The summed E-state index contributed by atoms with van der Waals surface area (Å²) in [5, 5.41) is 8.15. The second-order valence-electron chi connectivity index (χ2n) is 17.8. The minimum atomic E-state index is 0.979. The van der Waals surface area contributed by atoms with Crippen LogP contribution >= 0.6 is 11.3 Å². The first-order valence-electron chi connectivity index (χ1n) is 23.0. The third kappa shape index (κ3) is 5.66. The number of hydrogen-bond acceptors (Lipinski definition) is 2. The number of fused-ring (bicyclic) bond motifs is 21. The van der Waals surface area contributed by atoms with E-state index in [4.69, 9.17) is 4.42 Å². The van der Waals surface area contributed by atoms with Gasteiger partial charge in [-0.25, -0.2) is 0 Å². The number of aromatic nitrogens is 1. The normalized spacial score (nSPS) is 12.7. The highest BCUT2D eigenvalue weighted by atomic mass is 32.1. The molecule has 66 heavy (non-hydrogen) atoms. The zero-order valence-electron chi connectivity index (χ0n) is 36.1. The number of thiophene rings is 1. The lowest BCUT2D eigenvalue weighted by atomic mass is 10.0. The first-order chi connectivity index (χ1) is 32.7. The maximum absolute atomic E-state index is 5.98. The Morgan fingerprint density at radius 1 is 0.318 bits per heavy atom. The molecule has 3 heteroatoms. The van der Waals surface area contributed by atoms with E-state index in [2.05, 4.69) is 205 Å². The summed E-state index contributed by atoms with van der Waals surface area (Å²) in [6, 6.07) is 76.3. The van der Waals surface area contributed by atoms with Crippen LogP contribution in [0.1, 0.15) is 33.4 Å². The minimum absolute atomic E-state index is 0.979. The first kappa shape index (κ1) is 37.4.